The lowest BCUT2D eigenvalue weighted by Crippen LogP contribution is -2.17. The van der Waals surface area contributed by atoms with Gasteiger partial charge in [0.2, 0.25) is 0 Å². The first kappa shape index (κ1) is 32.3. The number of ether oxygens (including phenoxy) is 6. The summed E-state index contributed by atoms with van der Waals surface area (Å²) in [5.41, 5.74) is 1.90. The maximum Gasteiger partial charge on any atom is 0.344 e. The van der Waals surface area contributed by atoms with Crippen molar-refractivity contribution in [1.29, 1.82) is 0 Å². The number of benzene rings is 2. The Morgan fingerprint density at radius 3 is 1.48 bits per heavy atom. The van der Waals surface area contributed by atoms with E-state index in [1.165, 1.54) is 0 Å². The van der Waals surface area contributed by atoms with Crippen LogP contribution in [-0.2, 0) is 41.4 Å². The Balaban J connectivity index is 2.04. The van der Waals surface area contributed by atoms with Crippen molar-refractivity contribution < 1.29 is 47.9 Å². The summed E-state index contributed by atoms with van der Waals surface area (Å²) in [7, 11) is 0. The summed E-state index contributed by atoms with van der Waals surface area (Å²) in [6.07, 6.45) is 1.42. The topological polar surface area (TPSA) is 127 Å². The molecule has 10 heteroatoms. The molecule has 0 saturated heterocycles. The molecule has 0 spiro atoms. The highest BCUT2D eigenvalue weighted by Crippen LogP contribution is 2.32. The summed E-state index contributed by atoms with van der Waals surface area (Å²) in [4.78, 5) is 35.1. The van der Waals surface area contributed by atoms with Crippen molar-refractivity contribution in [2.45, 2.75) is 47.5 Å². The molecule has 0 saturated carbocycles. The Hall–Kier alpha value is -3.95. The zero-order valence-electron chi connectivity index (χ0n) is 23.9. The third-order valence-corrected chi connectivity index (χ3v) is 6.07. The number of rotatable bonds is 17. The van der Waals surface area contributed by atoms with Crippen molar-refractivity contribution >= 4 is 17.9 Å². The lowest BCUT2D eigenvalue weighted by molar-refractivity contribution is -0.146. The van der Waals surface area contributed by atoms with Crippen molar-refractivity contribution in [3.8, 4) is 23.0 Å². The summed E-state index contributed by atoms with van der Waals surface area (Å²) in [6, 6.07) is 10.5. The number of phenolic OH excluding ortho intramolecular Hbond substituents is 1. The van der Waals surface area contributed by atoms with E-state index >= 15 is 0 Å². The number of esters is 3. The van der Waals surface area contributed by atoms with Crippen LogP contribution in [0.15, 0.2) is 36.4 Å². The molecule has 2 atom stereocenters. The molecular weight excluding hydrogens is 520 g/mol. The van der Waals surface area contributed by atoms with Crippen LogP contribution in [0.4, 0.5) is 0 Å². The molecule has 2 rings (SSSR count). The quantitative estimate of drug-likeness (QED) is 0.221. The van der Waals surface area contributed by atoms with Crippen molar-refractivity contribution in [2.75, 3.05) is 39.6 Å². The fourth-order valence-corrected chi connectivity index (χ4v) is 3.89. The Morgan fingerprint density at radius 1 is 0.625 bits per heavy atom. The Morgan fingerprint density at radius 2 is 1.02 bits per heavy atom. The van der Waals surface area contributed by atoms with Gasteiger partial charge in [0, 0.05) is 0 Å². The van der Waals surface area contributed by atoms with Crippen LogP contribution < -0.4 is 14.2 Å². The minimum atomic E-state index is -0.508. The monoisotopic (exact) mass is 560 g/mol. The van der Waals surface area contributed by atoms with Gasteiger partial charge in [0.15, 0.2) is 42.8 Å². The highest BCUT2D eigenvalue weighted by Gasteiger charge is 2.18. The number of phenols is 1. The number of hydrogen-bond acceptors (Lipinski definition) is 10. The number of carbonyl (C=O) groups is 3. The van der Waals surface area contributed by atoms with Gasteiger partial charge in [-0.3, -0.25) is 0 Å². The van der Waals surface area contributed by atoms with Crippen LogP contribution in [-0.4, -0.2) is 62.7 Å². The Kier molecular flexibility index (Phi) is 13.6. The molecule has 1 N–H and O–H groups in total. The number of hydrogen-bond donors (Lipinski definition) is 1. The molecule has 0 aliphatic carbocycles. The molecule has 2 unspecified atom stereocenters. The van der Waals surface area contributed by atoms with Gasteiger partial charge < -0.3 is 33.5 Å². The number of carbonyl (C=O) groups excluding carboxylic acids is 3. The predicted molar refractivity (Wildman–Crippen MR) is 147 cm³/mol. The third-order valence-electron chi connectivity index (χ3n) is 6.07. The van der Waals surface area contributed by atoms with E-state index in [0.29, 0.717) is 24.3 Å². The van der Waals surface area contributed by atoms with E-state index in [1.807, 2.05) is 12.1 Å². The van der Waals surface area contributed by atoms with Gasteiger partial charge in [-0.1, -0.05) is 26.0 Å². The van der Waals surface area contributed by atoms with E-state index < -0.39 is 17.9 Å². The molecule has 220 valence electrons. The highest BCUT2D eigenvalue weighted by molar-refractivity contribution is 5.72. The maximum atomic E-state index is 11.8. The molecule has 40 heavy (non-hydrogen) atoms. The second-order valence-electron chi connectivity index (χ2n) is 9.23. The Labute approximate surface area is 235 Å². The van der Waals surface area contributed by atoms with Gasteiger partial charge in [0.1, 0.15) is 0 Å². The zero-order chi connectivity index (χ0) is 29.5. The fraction of sp³-hybridized carbons (Fsp3) is 0.500. The van der Waals surface area contributed by atoms with Gasteiger partial charge in [0.05, 0.1) is 19.8 Å². The highest BCUT2D eigenvalue weighted by atomic mass is 16.6. The van der Waals surface area contributed by atoms with Crippen molar-refractivity contribution in [3.05, 3.63) is 47.5 Å². The molecule has 0 aliphatic rings. The smallest absolute Gasteiger partial charge is 0.344 e. The molecule has 2 aromatic carbocycles. The Bertz CT molecular complexity index is 1110. The predicted octanol–water partition coefficient (Wildman–Crippen LogP) is 4.28. The normalized spacial score (nSPS) is 12.1. The minimum absolute atomic E-state index is 0.0385. The SMILES string of the molecule is CCOC(=O)COc1ccc(CC(C)C(C)Cc2ccc(OCC(=O)OCC)c(OCC(=O)OCC)c2)cc1O. The molecule has 0 aromatic heterocycles. The van der Waals surface area contributed by atoms with Gasteiger partial charge in [-0.05, 0) is 80.8 Å². The molecule has 0 aliphatic heterocycles. The van der Waals surface area contributed by atoms with Crippen LogP contribution in [0.1, 0.15) is 45.7 Å². The molecule has 0 amide bonds. The summed E-state index contributed by atoms with van der Waals surface area (Å²) in [6.45, 7) is 9.30. The maximum absolute atomic E-state index is 11.8. The fourth-order valence-electron chi connectivity index (χ4n) is 3.89. The molecular formula is C30H40O10. The average Bonchev–Trinajstić information content (AvgIpc) is 2.91. The van der Waals surface area contributed by atoms with E-state index in [1.54, 1.807) is 45.0 Å². The van der Waals surface area contributed by atoms with Gasteiger partial charge in [-0.15, -0.1) is 0 Å². The standard InChI is InChI=1S/C30H40O10/c1-6-35-28(32)17-38-25-11-9-22(15-24(25)31)13-20(4)21(5)14-23-10-12-26(39-18-29(33)36-7-2)27(16-23)40-19-30(34)37-8-3/h9-12,15-16,20-21,31H,6-8,13-14,17-19H2,1-5H3. The van der Waals surface area contributed by atoms with Crippen LogP contribution in [0.3, 0.4) is 0 Å². The van der Waals surface area contributed by atoms with Crippen molar-refractivity contribution in [1.82, 2.24) is 0 Å². The first-order chi connectivity index (χ1) is 19.2. The molecule has 0 bridgehead atoms. The first-order valence-electron chi connectivity index (χ1n) is 13.5. The first-order valence-corrected chi connectivity index (χ1v) is 13.5. The minimum Gasteiger partial charge on any atom is -0.504 e. The van der Waals surface area contributed by atoms with Crippen LogP contribution in [0.25, 0.3) is 0 Å². The lowest BCUT2D eigenvalue weighted by atomic mass is 9.85. The lowest BCUT2D eigenvalue weighted by Gasteiger charge is -2.21. The van der Waals surface area contributed by atoms with Gasteiger partial charge in [0.25, 0.3) is 0 Å². The van der Waals surface area contributed by atoms with Crippen molar-refractivity contribution in [3.63, 3.8) is 0 Å². The summed E-state index contributed by atoms with van der Waals surface area (Å²) in [5.74, 6) is -0.189. The average molecular weight is 561 g/mol. The molecule has 0 radical (unpaired) electrons. The largest absolute Gasteiger partial charge is 0.504 e. The zero-order valence-corrected chi connectivity index (χ0v) is 23.9. The van der Waals surface area contributed by atoms with Gasteiger partial charge in [-0.2, -0.15) is 0 Å². The van der Waals surface area contributed by atoms with Crippen LogP contribution in [0.5, 0.6) is 23.0 Å². The summed E-state index contributed by atoms with van der Waals surface area (Å²) >= 11 is 0. The number of aromatic hydroxyl groups is 1. The van der Waals surface area contributed by atoms with E-state index in [0.717, 1.165) is 11.1 Å². The summed E-state index contributed by atoms with van der Waals surface area (Å²) < 4.78 is 31.3. The van der Waals surface area contributed by atoms with Crippen LogP contribution in [0, 0.1) is 11.8 Å². The molecule has 10 nitrogen and oxygen atoms in total. The van der Waals surface area contributed by atoms with E-state index in [4.69, 9.17) is 28.4 Å². The molecule has 0 fully saturated rings. The van der Waals surface area contributed by atoms with Crippen LogP contribution in [0.2, 0.25) is 0 Å². The summed E-state index contributed by atoms with van der Waals surface area (Å²) in [5, 5.41) is 10.3. The van der Waals surface area contributed by atoms with Gasteiger partial charge in [-0.25, -0.2) is 14.4 Å². The second-order valence-corrected chi connectivity index (χ2v) is 9.23. The molecule has 2 aromatic rings. The van der Waals surface area contributed by atoms with E-state index in [9.17, 15) is 19.5 Å². The van der Waals surface area contributed by atoms with E-state index in [-0.39, 0.29) is 63.0 Å². The van der Waals surface area contributed by atoms with Crippen molar-refractivity contribution in [2.24, 2.45) is 11.8 Å². The van der Waals surface area contributed by atoms with Crippen LogP contribution >= 0.6 is 0 Å². The van der Waals surface area contributed by atoms with Gasteiger partial charge >= 0.3 is 17.9 Å². The van der Waals surface area contributed by atoms with E-state index in [2.05, 4.69) is 13.8 Å². The molecule has 0 heterocycles. The third kappa shape index (κ3) is 11.0. The second kappa shape index (κ2) is 16.9.